The fourth-order valence-electron chi connectivity index (χ4n) is 1.14. The average Bonchev–Trinajstić information content (AvgIpc) is 2.14. The van der Waals surface area contributed by atoms with Gasteiger partial charge in [0.15, 0.2) is 0 Å². The van der Waals surface area contributed by atoms with Gasteiger partial charge in [-0.3, -0.25) is 0 Å². The number of carbonyl (C=O) groups excluding carboxylic acids is 1. The Kier molecular flexibility index (Phi) is 3.83. The molecule has 0 fully saturated rings. The van der Waals surface area contributed by atoms with Crippen LogP contribution in [0.15, 0.2) is 22.7 Å². The molecule has 0 saturated carbocycles. The molecule has 0 aliphatic heterocycles. The summed E-state index contributed by atoms with van der Waals surface area (Å²) in [6.45, 7) is 0. The molecule has 74 valence electrons. The molecule has 0 aliphatic carbocycles. The molecule has 0 amide bonds. The topological polar surface area (TPSA) is 54.4 Å². The normalized spacial score (nSPS) is 9.79. The highest BCUT2D eigenvalue weighted by molar-refractivity contribution is 9.10. The van der Waals surface area contributed by atoms with E-state index >= 15 is 0 Å². The molecule has 14 heavy (non-hydrogen) atoms. The van der Waals surface area contributed by atoms with Gasteiger partial charge < -0.3 is 9.90 Å². The van der Waals surface area contributed by atoms with Crippen LogP contribution in [0.3, 0.4) is 0 Å². The van der Waals surface area contributed by atoms with Crippen molar-refractivity contribution in [2.45, 2.75) is 12.8 Å². The van der Waals surface area contributed by atoms with Gasteiger partial charge in [-0.1, -0.05) is 15.9 Å². The Balaban J connectivity index is 2.94. The van der Waals surface area contributed by atoms with Crippen molar-refractivity contribution >= 4 is 28.2 Å². The number of benzene rings is 1. The summed E-state index contributed by atoms with van der Waals surface area (Å²) >= 11 is 3.22. The summed E-state index contributed by atoms with van der Waals surface area (Å²) in [4.78, 5) is 20.8. The second-order valence-corrected chi connectivity index (χ2v) is 3.77. The van der Waals surface area contributed by atoms with Gasteiger partial charge in [-0.25, -0.2) is 4.79 Å². The van der Waals surface area contributed by atoms with Gasteiger partial charge in [0.1, 0.15) is 6.29 Å². The van der Waals surface area contributed by atoms with Crippen LogP contribution in [0.2, 0.25) is 0 Å². The van der Waals surface area contributed by atoms with E-state index in [0.29, 0.717) is 12.8 Å². The van der Waals surface area contributed by atoms with E-state index in [2.05, 4.69) is 15.9 Å². The van der Waals surface area contributed by atoms with Crippen LogP contribution in [-0.4, -0.2) is 17.4 Å². The van der Waals surface area contributed by atoms with Crippen molar-refractivity contribution in [2.75, 3.05) is 0 Å². The molecule has 0 radical (unpaired) electrons. The lowest BCUT2D eigenvalue weighted by atomic mass is 10.1. The number of aryl methyl sites for hydroxylation is 1. The van der Waals surface area contributed by atoms with Gasteiger partial charge in [0.2, 0.25) is 0 Å². The molecule has 1 aromatic carbocycles. The summed E-state index contributed by atoms with van der Waals surface area (Å²) in [5.41, 5.74) is 1.09. The zero-order valence-corrected chi connectivity index (χ0v) is 8.95. The molecule has 0 aliphatic rings. The minimum atomic E-state index is -0.960. The highest BCUT2D eigenvalue weighted by Gasteiger charge is 2.05. The number of rotatable bonds is 4. The van der Waals surface area contributed by atoms with E-state index in [1.54, 1.807) is 6.07 Å². The zero-order valence-electron chi connectivity index (χ0n) is 7.37. The van der Waals surface area contributed by atoms with Crippen LogP contribution in [-0.2, 0) is 11.2 Å². The molecular weight excluding hydrogens is 248 g/mol. The third kappa shape index (κ3) is 2.96. The largest absolute Gasteiger partial charge is 0.478 e. The second kappa shape index (κ2) is 4.91. The maximum absolute atomic E-state index is 10.7. The first-order valence-corrected chi connectivity index (χ1v) is 4.89. The third-order valence-electron chi connectivity index (χ3n) is 1.76. The number of aromatic carboxylic acids is 1. The molecule has 3 nitrogen and oxygen atoms in total. The molecule has 0 saturated heterocycles. The molecular formula is C10H9BrO3. The minimum absolute atomic E-state index is 0.236. The molecule has 0 bridgehead atoms. The van der Waals surface area contributed by atoms with Crippen LogP contribution >= 0.6 is 15.9 Å². The zero-order chi connectivity index (χ0) is 10.6. The van der Waals surface area contributed by atoms with E-state index in [1.807, 2.05) is 6.07 Å². The summed E-state index contributed by atoms with van der Waals surface area (Å²) in [5, 5.41) is 8.77. The Morgan fingerprint density at radius 1 is 1.43 bits per heavy atom. The van der Waals surface area contributed by atoms with Crippen LogP contribution in [0.1, 0.15) is 22.3 Å². The molecule has 0 aromatic heterocycles. The Morgan fingerprint density at radius 3 is 2.71 bits per heavy atom. The summed E-state index contributed by atoms with van der Waals surface area (Å²) in [6, 6.07) is 4.93. The number of hydrogen-bond acceptors (Lipinski definition) is 2. The van der Waals surface area contributed by atoms with Crippen molar-refractivity contribution in [1.82, 2.24) is 0 Å². The smallest absolute Gasteiger partial charge is 0.335 e. The average molecular weight is 257 g/mol. The second-order valence-electron chi connectivity index (χ2n) is 2.86. The first kappa shape index (κ1) is 10.9. The Morgan fingerprint density at radius 2 is 2.14 bits per heavy atom. The molecule has 0 unspecified atom stereocenters. The van der Waals surface area contributed by atoms with Gasteiger partial charge in [0, 0.05) is 10.9 Å². The number of carboxylic acids is 1. The Hall–Kier alpha value is -1.16. The maximum Gasteiger partial charge on any atom is 0.335 e. The standard InChI is InChI=1S/C10H9BrO3/c11-9-5-7(2-1-3-12)4-8(6-9)10(13)14/h3-6H,1-2H2,(H,13,14). The van der Waals surface area contributed by atoms with Crippen molar-refractivity contribution in [1.29, 1.82) is 0 Å². The first-order valence-electron chi connectivity index (χ1n) is 4.10. The predicted molar refractivity (Wildman–Crippen MR) is 55.5 cm³/mol. The third-order valence-corrected chi connectivity index (χ3v) is 2.21. The van der Waals surface area contributed by atoms with Crippen molar-refractivity contribution in [3.8, 4) is 0 Å². The van der Waals surface area contributed by atoms with Crippen molar-refractivity contribution < 1.29 is 14.7 Å². The van der Waals surface area contributed by atoms with Crippen LogP contribution in [0, 0.1) is 0 Å². The summed E-state index contributed by atoms with van der Waals surface area (Å²) in [7, 11) is 0. The SMILES string of the molecule is O=CCCc1cc(Br)cc(C(=O)O)c1. The van der Waals surface area contributed by atoms with E-state index in [4.69, 9.17) is 5.11 Å². The molecule has 1 aromatic rings. The summed E-state index contributed by atoms with van der Waals surface area (Å²) in [6.07, 6.45) is 1.81. The van der Waals surface area contributed by atoms with Crippen LogP contribution in [0.25, 0.3) is 0 Å². The fraction of sp³-hybridized carbons (Fsp3) is 0.200. The van der Waals surface area contributed by atoms with E-state index in [0.717, 1.165) is 16.3 Å². The fourth-order valence-corrected chi connectivity index (χ4v) is 1.68. The van der Waals surface area contributed by atoms with Gasteiger partial charge in [-0.2, -0.15) is 0 Å². The van der Waals surface area contributed by atoms with Crippen molar-refractivity contribution in [3.05, 3.63) is 33.8 Å². The van der Waals surface area contributed by atoms with E-state index in [1.165, 1.54) is 6.07 Å². The lowest BCUT2D eigenvalue weighted by molar-refractivity contribution is -0.107. The predicted octanol–water partition coefficient (Wildman–Crippen LogP) is 2.28. The van der Waals surface area contributed by atoms with Crippen LogP contribution < -0.4 is 0 Å². The van der Waals surface area contributed by atoms with Gasteiger partial charge in [-0.15, -0.1) is 0 Å². The maximum atomic E-state index is 10.7. The Labute approximate surface area is 89.9 Å². The minimum Gasteiger partial charge on any atom is -0.478 e. The van der Waals surface area contributed by atoms with Gasteiger partial charge in [0.25, 0.3) is 0 Å². The highest BCUT2D eigenvalue weighted by Crippen LogP contribution is 2.16. The van der Waals surface area contributed by atoms with E-state index < -0.39 is 5.97 Å². The lowest BCUT2D eigenvalue weighted by Gasteiger charge is -2.01. The van der Waals surface area contributed by atoms with Crippen molar-refractivity contribution in [2.24, 2.45) is 0 Å². The summed E-state index contributed by atoms with van der Waals surface area (Å²) in [5.74, 6) is -0.960. The Bertz CT molecular complexity index is 360. The monoisotopic (exact) mass is 256 g/mol. The number of halogens is 1. The number of carbonyl (C=O) groups is 2. The molecule has 1 rings (SSSR count). The van der Waals surface area contributed by atoms with Gasteiger partial charge in [0.05, 0.1) is 5.56 Å². The molecule has 4 heteroatoms. The quantitative estimate of drug-likeness (QED) is 0.842. The van der Waals surface area contributed by atoms with Crippen LogP contribution in [0.4, 0.5) is 0 Å². The highest BCUT2D eigenvalue weighted by atomic mass is 79.9. The molecule has 0 spiro atoms. The van der Waals surface area contributed by atoms with E-state index in [-0.39, 0.29) is 5.56 Å². The van der Waals surface area contributed by atoms with E-state index in [9.17, 15) is 9.59 Å². The van der Waals surface area contributed by atoms with Crippen LogP contribution in [0.5, 0.6) is 0 Å². The summed E-state index contributed by atoms with van der Waals surface area (Å²) < 4.78 is 0.721. The lowest BCUT2D eigenvalue weighted by Crippen LogP contribution is -1.98. The van der Waals surface area contributed by atoms with Gasteiger partial charge >= 0.3 is 5.97 Å². The number of hydrogen-bond donors (Lipinski definition) is 1. The number of aldehydes is 1. The van der Waals surface area contributed by atoms with Crippen molar-refractivity contribution in [3.63, 3.8) is 0 Å². The molecule has 1 N–H and O–H groups in total. The van der Waals surface area contributed by atoms with Gasteiger partial charge in [-0.05, 0) is 30.2 Å². The molecule has 0 heterocycles. The first-order chi connectivity index (χ1) is 6.63. The molecule has 0 atom stereocenters. The number of carboxylic acid groups (broad SMARTS) is 1.